The molecule has 3 aromatic heterocycles. The van der Waals surface area contributed by atoms with Crippen molar-refractivity contribution in [1.82, 2.24) is 24.1 Å². The lowest BCUT2D eigenvalue weighted by molar-refractivity contribution is 1.05. The molecule has 3 heterocycles. The smallest absolute Gasteiger partial charge is 0.166 e. The summed E-state index contributed by atoms with van der Waals surface area (Å²) in [5.41, 5.74) is 10.5. The van der Waals surface area contributed by atoms with E-state index < -0.39 is 0 Å². The molecule has 0 saturated heterocycles. The number of benzene rings is 8. The van der Waals surface area contributed by atoms with Crippen molar-refractivity contribution in [2.45, 2.75) is 0 Å². The lowest BCUT2D eigenvalue weighted by atomic mass is 9.93. The Balaban J connectivity index is 1.40. The zero-order valence-electron chi connectivity index (χ0n) is 31.2. The second kappa shape index (κ2) is 13.6. The van der Waals surface area contributed by atoms with Crippen LogP contribution in [0.1, 0.15) is 5.56 Å². The topological polar surface area (TPSA) is 72.3 Å². The summed E-state index contributed by atoms with van der Waals surface area (Å²) in [5, 5.41) is 15.8. The van der Waals surface area contributed by atoms with E-state index in [0.29, 0.717) is 28.6 Å². The molecule has 6 heteroatoms. The maximum atomic E-state index is 11.3. The predicted molar refractivity (Wildman–Crippen MR) is 235 cm³/mol. The van der Waals surface area contributed by atoms with Gasteiger partial charge in [0.15, 0.2) is 17.5 Å². The molecule has 0 amide bonds. The van der Waals surface area contributed by atoms with E-state index in [4.69, 9.17) is 15.0 Å². The molecule has 0 unspecified atom stereocenters. The summed E-state index contributed by atoms with van der Waals surface area (Å²) in [7, 11) is 0. The van der Waals surface area contributed by atoms with Gasteiger partial charge in [-0.15, -0.1) is 0 Å². The van der Waals surface area contributed by atoms with Crippen LogP contribution in [0, 0.1) is 11.3 Å². The molecule has 6 nitrogen and oxygen atoms in total. The number of fused-ring (bicyclic) bond motifs is 6. The Kier molecular flexibility index (Phi) is 7.76. The second-order valence-corrected chi connectivity index (χ2v) is 14.3. The van der Waals surface area contributed by atoms with E-state index in [2.05, 4.69) is 124 Å². The van der Waals surface area contributed by atoms with Gasteiger partial charge in [0.2, 0.25) is 0 Å². The van der Waals surface area contributed by atoms with E-state index in [0.717, 1.165) is 77.2 Å². The van der Waals surface area contributed by atoms with Gasteiger partial charge in [0.05, 0.1) is 45.1 Å². The predicted octanol–water partition coefficient (Wildman–Crippen LogP) is 12.6. The molecule has 0 aliphatic heterocycles. The van der Waals surface area contributed by atoms with Crippen molar-refractivity contribution < 1.29 is 0 Å². The molecule has 58 heavy (non-hydrogen) atoms. The molecule has 11 aromatic rings. The van der Waals surface area contributed by atoms with Gasteiger partial charge >= 0.3 is 0 Å². The highest BCUT2D eigenvalue weighted by Gasteiger charge is 2.29. The van der Waals surface area contributed by atoms with Gasteiger partial charge in [0, 0.05) is 43.8 Å². The van der Waals surface area contributed by atoms with E-state index in [-0.39, 0.29) is 0 Å². The zero-order chi connectivity index (χ0) is 38.6. The monoisotopic (exact) mass is 740 g/mol. The fourth-order valence-corrected chi connectivity index (χ4v) is 8.51. The van der Waals surface area contributed by atoms with E-state index in [9.17, 15) is 5.26 Å². The van der Waals surface area contributed by atoms with Crippen LogP contribution in [0.2, 0.25) is 0 Å². The lowest BCUT2D eigenvalue weighted by Gasteiger charge is -2.24. The summed E-state index contributed by atoms with van der Waals surface area (Å²) in [6.45, 7) is 0. The molecule has 0 fully saturated rings. The number of para-hydroxylation sites is 4. The normalized spacial score (nSPS) is 11.4. The van der Waals surface area contributed by atoms with Crippen molar-refractivity contribution in [3.63, 3.8) is 0 Å². The minimum absolute atomic E-state index is 0.461. The summed E-state index contributed by atoms with van der Waals surface area (Å²) in [5.74, 6) is 1.55. The standard InChI is InChI=1S/C52H32N6/c53-33-37-32-42(52-55-50(35-20-6-2-7-21-35)54-51(56-52)36-22-8-3-9-23-36)48(57-43-28-14-10-24-38(43)39-25-11-15-29-44(39)57)49(47(37)34-18-4-1-5-19-34)58-45-30-16-12-26-40(45)41-27-13-17-31-46(41)58/h1-32H. The Morgan fingerprint density at radius 2 is 0.707 bits per heavy atom. The van der Waals surface area contributed by atoms with E-state index in [1.54, 1.807) is 0 Å². The Morgan fingerprint density at radius 1 is 0.362 bits per heavy atom. The third-order valence-electron chi connectivity index (χ3n) is 11.0. The summed E-state index contributed by atoms with van der Waals surface area (Å²) in [4.78, 5) is 15.7. The highest BCUT2D eigenvalue weighted by Crippen LogP contribution is 2.47. The van der Waals surface area contributed by atoms with Crippen LogP contribution in [0.4, 0.5) is 0 Å². The highest BCUT2D eigenvalue weighted by atomic mass is 15.1. The SMILES string of the molecule is N#Cc1cc(-c2nc(-c3ccccc3)nc(-c3ccccc3)n2)c(-n2c3ccccc3c3ccccc32)c(-n2c3ccccc3c3ccccc32)c1-c1ccccc1. The van der Waals surface area contributed by atoms with Crippen molar-refractivity contribution in [3.05, 3.63) is 200 Å². The summed E-state index contributed by atoms with van der Waals surface area (Å²) >= 11 is 0. The fourth-order valence-electron chi connectivity index (χ4n) is 8.51. The van der Waals surface area contributed by atoms with Crippen LogP contribution in [-0.2, 0) is 0 Å². The van der Waals surface area contributed by atoms with Gasteiger partial charge in [-0.25, -0.2) is 15.0 Å². The van der Waals surface area contributed by atoms with Gasteiger partial charge in [0.1, 0.15) is 0 Å². The summed E-state index contributed by atoms with van der Waals surface area (Å²) < 4.78 is 4.69. The Morgan fingerprint density at radius 3 is 1.12 bits per heavy atom. The number of hydrogen-bond donors (Lipinski definition) is 0. The van der Waals surface area contributed by atoms with Crippen molar-refractivity contribution in [2.24, 2.45) is 0 Å². The number of rotatable bonds is 6. The maximum Gasteiger partial charge on any atom is 0.166 e. The van der Waals surface area contributed by atoms with Crippen molar-refractivity contribution in [3.8, 4) is 62.7 Å². The number of hydrogen-bond acceptors (Lipinski definition) is 4. The fraction of sp³-hybridized carbons (Fsp3) is 0. The Labute approximate surface area is 334 Å². The molecule has 0 bridgehead atoms. The van der Waals surface area contributed by atoms with Gasteiger partial charge in [-0.3, -0.25) is 0 Å². The van der Waals surface area contributed by atoms with Gasteiger partial charge in [-0.05, 0) is 35.9 Å². The van der Waals surface area contributed by atoms with Gasteiger partial charge in [-0.1, -0.05) is 164 Å². The first kappa shape index (κ1) is 33.2. The molecule has 0 N–H and O–H groups in total. The molecule has 11 rings (SSSR count). The van der Waals surface area contributed by atoms with Gasteiger partial charge < -0.3 is 9.13 Å². The third kappa shape index (κ3) is 5.22. The first-order valence-electron chi connectivity index (χ1n) is 19.3. The molecule has 270 valence electrons. The maximum absolute atomic E-state index is 11.3. The number of nitrogens with zero attached hydrogens (tertiary/aromatic N) is 6. The quantitative estimate of drug-likeness (QED) is 0.170. The largest absolute Gasteiger partial charge is 0.307 e. The molecule has 0 aliphatic carbocycles. The third-order valence-corrected chi connectivity index (χ3v) is 11.0. The van der Waals surface area contributed by atoms with Crippen LogP contribution in [0.5, 0.6) is 0 Å². The molecule has 8 aromatic carbocycles. The Bertz CT molecular complexity index is 3230. The minimum Gasteiger partial charge on any atom is -0.307 e. The zero-order valence-corrected chi connectivity index (χ0v) is 31.2. The average Bonchev–Trinajstić information content (AvgIpc) is 3.82. The lowest BCUT2D eigenvalue weighted by Crippen LogP contribution is -2.11. The average molecular weight is 741 g/mol. The van der Waals surface area contributed by atoms with E-state index in [1.165, 1.54) is 0 Å². The molecule has 0 spiro atoms. The first-order chi connectivity index (χ1) is 28.8. The summed E-state index contributed by atoms with van der Waals surface area (Å²) in [6, 6.07) is 69.0. The molecule has 0 aliphatic rings. The van der Waals surface area contributed by atoms with Gasteiger partial charge in [-0.2, -0.15) is 5.26 Å². The molecule has 0 atom stereocenters. The van der Waals surface area contributed by atoms with Crippen molar-refractivity contribution >= 4 is 43.6 Å². The number of aromatic nitrogens is 5. The van der Waals surface area contributed by atoms with Crippen molar-refractivity contribution in [2.75, 3.05) is 0 Å². The van der Waals surface area contributed by atoms with Crippen molar-refractivity contribution in [1.29, 1.82) is 5.26 Å². The van der Waals surface area contributed by atoms with Crippen LogP contribution in [-0.4, -0.2) is 24.1 Å². The van der Waals surface area contributed by atoms with Crippen LogP contribution in [0.3, 0.4) is 0 Å². The molecule has 0 saturated carbocycles. The van der Waals surface area contributed by atoms with Crippen LogP contribution in [0.25, 0.3) is 100 Å². The van der Waals surface area contributed by atoms with Crippen LogP contribution in [0.15, 0.2) is 194 Å². The first-order valence-corrected chi connectivity index (χ1v) is 19.3. The highest BCUT2D eigenvalue weighted by molar-refractivity contribution is 6.13. The molecular formula is C52H32N6. The van der Waals surface area contributed by atoms with Gasteiger partial charge in [0.25, 0.3) is 0 Å². The second-order valence-electron chi connectivity index (χ2n) is 14.3. The van der Waals surface area contributed by atoms with E-state index >= 15 is 0 Å². The summed E-state index contributed by atoms with van der Waals surface area (Å²) in [6.07, 6.45) is 0. The van der Waals surface area contributed by atoms with Crippen LogP contribution < -0.4 is 0 Å². The number of nitriles is 1. The Hall–Kier alpha value is -8.14. The van der Waals surface area contributed by atoms with E-state index in [1.807, 2.05) is 84.9 Å². The minimum atomic E-state index is 0.461. The van der Waals surface area contributed by atoms with Crippen LogP contribution >= 0.6 is 0 Å². The molecular weight excluding hydrogens is 709 g/mol. The molecule has 0 radical (unpaired) electrons.